The number of piperidine rings is 1. The van der Waals surface area contributed by atoms with Gasteiger partial charge < -0.3 is 15.0 Å². The minimum absolute atomic E-state index is 0.0830. The molecule has 0 aromatic heterocycles. The lowest BCUT2D eigenvalue weighted by Gasteiger charge is -2.35. The molecule has 1 saturated heterocycles. The summed E-state index contributed by atoms with van der Waals surface area (Å²) in [6.45, 7) is 12.1. The summed E-state index contributed by atoms with van der Waals surface area (Å²) < 4.78 is 18.2. The van der Waals surface area contributed by atoms with Gasteiger partial charge in [0.1, 0.15) is 17.3 Å². The number of amides is 1. The Kier molecular flexibility index (Phi) is 6.79. The van der Waals surface area contributed by atoms with E-state index in [1.54, 1.807) is 7.05 Å². The number of hydrogen-bond donors (Lipinski definition) is 1. The van der Waals surface area contributed by atoms with Gasteiger partial charge >= 0.3 is 6.09 Å². The Bertz CT molecular complexity index is 498. The van der Waals surface area contributed by atoms with Crippen LogP contribution in [0.5, 0.6) is 0 Å². The third kappa shape index (κ3) is 6.84. The van der Waals surface area contributed by atoms with Crippen LogP contribution in [0.3, 0.4) is 0 Å². The van der Waals surface area contributed by atoms with Crippen molar-refractivity contribution in [3.8, 4) is 0 Å². The minimum Gasteiger partial charge on any atom is -0.444 e. The molecule has 1 rings (SSSR count). The first-order valence-corrected chi connectivity index (χ1v) is 7.86. The van der Waals surface area contributed by atoms with Gasteiger partial charge in [-0.05, 0) is 52.2 Å². The molecule has 130 valence electrons. The zero-order valence-electron chi connectivity index (χ0n) is 14.8. The predicted molar refractivity (Wildman–Crippen MR) is 91.3 cm³/mol. The Labute approximate surface area is 138 Å². The van der Waals surface area contributed by atoms with Crippen LogP contribution in [0.2, 0.25) is 0 Å². The Morgan fingerprint density at radius 3 is 2.39 bits per heavy atom. The zero-order chi connectivity index (χ0) is 17.6. The van der Waals surface area contributed by atoms with Gasteiger partial charge in [0.15, 0.2) is 0 Å². The van der Waals surface area contributed by atoms with Gasteiger partial charge in [0.2, 0.25) is 0 Å². The molecule has 0 saturated carbocycles. The molecule has 1 aliphatic rings. The van der Waals surface area contributed by atoms with Crippen molar-refractivity contribution in [2.45, 2.75) is 52.2 Å². The highest BCUT2D eigenvalue weighted by molar-refractivity contribution is 5.98. The van der Waals surface area contributed by atoms with Crippen molar-refractivity contribution in [1.82, 2.24) is 10.2 Å². The van der Waals surface area contributed by atoms with Crippen LogP contribution >= 0.6 is 0 Å². The maximum Gasteiger partial charge on any atom is 0.407 e. The van der Waals surface area contributed by atoms with Gasteiger partial charge in [-0.15, -0.1) is 0 Å². The van der Waals surface area contributed by atoms with E-state index in [0.29, 0.717) is 0 Å². The van der Waals surface area contributed by atoms with Crippen molar-refractivity contribution in [1.29, 1.82) is 0 Å². The van der Waals surface area contributed by atoms with E-state index in [2.05, 4.69) is 21.8 Å². The number of allylic oxidation sites excluding steroid dienone is 2. The smallest absolute Gasteiger partial charge is 0.407 e. The Hall–Kier alpha value is -1.85. The molecule has 0 aliphatic carbocycles. The molecule has 0 spiro atoms. The SMILES string of the molecule is C=C(F)/C=C(C)/C(=N\C)N1CCC(NC(=O)OC(C)(C)C)CC1. The number of ether oxygens (including phenoxy) is 1. The fraction of sp³-hybridized carbons (Fsp3) is 0.647. The van der Waals surface area contributed by atoms with Crippen LogP contribution in [0.15, 0.2) is 29.0 Å². The van der Waals surface area contributed by atoms with Gasteiger partial charge in [-0.3, -0.25) is 4.99 Å². The molecule has 23 heavy (non-hydrogen) atoms. The number of halogens is 1. The maximum absolute atomic E-state index is 13.0. The number of rotatable bonds is 3. The normalized spacial score (nSPS) is 17.9. The van der Waals surface area contributed by atoms with E-state index in [9.17, 15) is 9.18 Å². The second-order valence-corrected chi connectivity index (χ2v) is 6.73. The van der Waals surface area contributed by atoms with Gasteiger partial charge in [-0.1, -0.05) is 6.58 Å². The molecule has 1 heterocycles. The Morgan fingerprint density at radius 1 is 1.39 bits per heavy atom. The standard InChI is InChI=1S/C17H28FN3O2/c1-12(11-13(2)18)15(19-6)21-9-7-14(8-10-21)20-16(22)23-17(3,4)5/h11,14H,2,7-10H2,1,3-6H3,(H,20,22)/b12-11+,19-15+. The average Bonchev–Trinajstić information content (AvgIpc) is 2.38. The van der Waals surface area contributed by atoms with Crippen molar-refractivity contribution in [3.05, 3.63) is 24.1 Å². The molecule has 0 unspecified atom stereocenters. The number of alkyl carbamates (subject to hydrolysis) is 1. The van der Waals surface area contributed by atoms with E-state index >= 15 is 0 Å². The maximum atomic E-state index is 13.0. The van der Waals surface area contributed by atoms with Crippen molar-refractivity contribution in [3.63, 3.8) is 0 Å². The average molecular weight is 325 g/mol. The molecular weight excluding hydrogens is 297 g/mol. The van der Waals surface area contributed by atoms with Gasteiger partial charge in [-0.25, -0.2) is 9.18 Å². The van der Waals surface area contributed by atoms with Crippen LogP contribution in [0.1, 0.15) is 40.5 Å². The summed E-state index contributed by atoms with van der Waals surface area (Å²) in [5.41, 5.74) is 0.252. The minimum atomic E-state index is -0.497. The monoisotopic (exact) mass is 325 g/mol. The van der Waals surface area contributed by atoms with Crippen molar-refractivity contribution >= 4 is 11.9 Å². The van der Waals surface area contributed by atoms with E-state index in [1.165, 1.54) is 6.08 Å². The van der Waals surface area contributed by atoms with Gasteiger partial charge in [-0.2, -0.15) is 0 Å². The number of aliphatic imine (C=N–C) groups is 1. The second kappa shape index (κ2) is 8.13. The summed E-state index contributed by atoms with van der Waals surface area (Å²) in [6, 6.07) is 0.0830. The number of likely N-dealkylation sites (tertiary alicyclic amines) is 1. The Balaban J connectivity index is 2.55. The molecule has 1 amide bonds. The largest absolute Gasteiger partial charge is 0.444 e. The summed E-state index contributed by atoms with van der Waals surface area (Å²) in [5, 5.41) is 2.90. The lowest BCUT2D eigenvalue weighted by molar-refractivity contribution is 0.0488. The molecule has 0 bridgehead atoms. The molecule has 0 aromatic rings. The molecule has 6 heteroatoms. The third-order valence-corrected chi connectivity index (χ3v) is 3.45. The fourth-order valence-electron chi connectivity index (χ4n) is 2.58. The lowest BCUT2D eigenvalue weighted by Crippen LogP contribution is -2.47. The first-order valence-electron chi connectivity index (χ1n) is 7.86. The predicted octanol–water partition coefficient (Wildman–Crippen LogP) is 3.43. The number of hydrogen-bond acceptors (Lipinski definition) is 3. The summed E-state index contributed by atoms with van der Waals surface area (Å²) >= 11 is 0. The number of carbonyl (C=O) groups excluding carboxylic acids is 1. The molecule has 0 aromatic carbocycles. The van der Waals surface area contributed by atoms with Crippen molar-refractivity contribution in [2.24, 2.45) is 4.99 Å². The fourth-order valence-corrected chi connectivity index (χ4v) is 2.58. The molecule has 0 atom stereocenters. The van der Waals surface area contributed by atoms with Crippen LogP contribution in [-0.4, -0.2) is 48.6 Å². The number of nitrogens with zero attached hydrogens (tertiary/aromatic N) is 2. The highest BCUT2D eigenvalue weighted by Gasteiger charge is 2.25. The van der Waals surface area contributed by atoms with Crippen molar-refractivity contribution < 1.29 is 13.9 Å². The summed E-state index contributed by atoms with van der Waals surface area (Å²) in [4.78, 5) is 18.1. The number of carbonyl (C=O) groups is 1. The third-order valence-electron chi connectivity index (χ3n) is 3.45. The van der Waals surface area contributed by atoms with Crippen LogP contribution in [0.4, 0.5) is 9.18 Å². The van der Waals surface area contributed by atoms with E-state index in [1.807, 2.05) is 27.7 Å². The van der Waals surface area contributed by atoms with Gasteiger partial charge in [0.05, 0.1) is 0 Å². The molecule has 0 radical (unpaired) electrons. The molecular formula is C17H28FN3O2. The molecule has 1 N–H and O–H groups in total. The van der Waals surface area contributed by atoms with E-state index in [-0.39, 0.29) is 12.1 Å². The summed E-state index contributed by atoms with van der Waals surface area (Å²) in [7, 11) is 1.69. The van der Waals surface area contributed by atoms with Crippen molar-refractivity contribution in [2.75, 3.05) is 20.1 Å². The number of nitrogens with one attached hydrogen (secondary N) is 1. The highest BCUT2D eigenvalue weighted by Crippen LogP contribution is 2.16. The van der Waals surface area contributed by atoms with E-state index in [4.69, 9.17) is 4.74 Å². The summed E-state index contributed by atoms with van der Waals surface area (Å²) in [5.74, 6) is 0.282. The Morgan fingerprint density at radius 2 is 1.96 bits per heavy atom. The van der Waals surface area contributed by atoms with E-state index < -0.39 is 11.4 Å². The quantitative estimate of drug-likeness (QED) is 0.491. The molecule has 1 fully saturated rings. The van der Waals surface area contributed by atoms with Crippen LogP contribution in [0.25, 0.3) is 0 Å². The first-order chi connectivity index (χ1) is 10.6. The molecule has 5 nitrogen and oxygen atoms in total. The zero-order valence-corrected chi connectivity index (χ0v) is 14.8. The highest BCUT2D eigenvalue weighted by atomic mass is 19.1. The topological polar surface area (TPSA) is 53.9 Å². The second-order valence-electron chi connectivity index (χ2n) is 6.73. The lowest BCUT2D eigenvalue weighted by atomic mass is 10.0. The van der Waals surface area contributed by atoms with Crippen LogP contribution in [-0.2, 0) is 4.74 Å². The first kappa shape index (κ1) is 19.2. The van der Waals surface area contributed by atoms with Crippen LogP contribution in [0, 0.1) is 0 Å². The van der Waals surface area contributed by atoms with Crippen LogP contribution < -0.4 is 5.32 Å². The van der Waals surface area contributed by atoms with Gasteiger partial charge in [0.25, 0.3) is 0 Å². The van der Waals surface area contributed by atoms with E-state index in [0.717, 1.165) is 37.3 Å². The van der Waals surface area contributed by atoms with Gasteiger partial charge in [0, 0.05) is 26.2 Å². The summed E-state index contributed by atoms with van der Waals surface area (Å²) in [6.07, 6.45) is 2.59. The molecule has 1 aliphatic heterocycles. The number of amidine groups is 1.